The van der Waals surface area contributed by atoms with Crippen molar-refractivity contribution >= 4 is 17.2 Å². The van der Waals surface area contributed by atoms with E-state index in [0.29, 0.717) is 0 Å². The van der Waals surface area contributed by atoms with Crippen molar-refractivity contribution in [2.75, 3.05) is 0 Å². The molecule has 100 valence electrons. The summed E-state index contributed by atoms with van der Waals surface area (Å²) in [6, 6.07) is 0.0548. The van der Waals surface area contributed by atoms with Crippen LogP contribution in [0.1, 0.15) is 50.1 Å². The molecule has 3 unspecified atom stereocenters. The van der Waals surface area contributed by atoms with Gasteiger partial charge in [0.05, 0.1) is 12.0 Å². The third-order valence-electron chi connectivity index (χ3n) is 3.63. The van der Waals surface area contributed by atoms with Crippen LogP contribution in [0.3, 0.4) is 0 Å². The van der Waals surface area contributed by atoms with Gasteiger partial charge < -0.3 is 11.1 Å². The summed E-state index contributed by atoms with van der Waals surface area (Å²) >= 11 is 1.59. The Kier molecular flexibility index (Phi) is 4.72. The summed E-state index contributed by atoms with van der Waals surface area (Å²) in [4.78, 5) is 16.5. The molecule has 5 heteroatoms. The van der Waals surface area contributed by atoms with Gasteiger partial charge in [-0.15, -0.1) is 11.3 Å². The van der Waals surface area contributed by atoms with E-state index in [0.717, 1.165) is 37.1 Å². The number of carbonyl (C=O) groups is 1. The number of nitrogens with one attached hydrogen (secondary N) is 1. The number of amides is 1. The van der Waals surface area contributed by atoms with E-state index in [-0.39, 0.29) is 23.9 Å². The van der Waals surface area contributed by atoms with Crippen LogP contribution in [0.5, 0.6) is 0 Å². The lowest BCUT2D eigenvalue weighted by Crippen LogP contribution is -2.44. The predicted octanol–water partition coefficient (Wildman–Crippen LogP) is 2.23. The lowest BCUT2D eigenvalue weighted by atomic mass is 9.84. The third kappa shape index (κ3) is 3.09. The Hall–Kier alpha value is -0.940. The average Bonchev–Trinajstić information content (AvgIpc) is 2.90. The highest BCUT2D eigenvalue weighted by Gasteiger charge is 2.29. The number of carbonyl (C=O) groups excluding carboxylic acids is 1. The normalized spacial score (nSPS) is 25.7. The Morgan fingerprint density at radius 2 is 2.39 bits per heavy atom. The van der Waals surface area contributed by atoms with Crippen LogP contribution < -0.4 is 11.1 Å². The van der Waals surface area contributed by atoms with Crippen molar-refractivity contribution in [2.45, 2.75) is 51.1 Å². The zero-order valence-corrected chi connectivity index (χ0v) is 11.6. The Morgan fingerprint density at radius 3 is 3.00 bits per heavy atom. The second-order valence-electron chi connectivity index (χ2n) is 4.89. The van der Waals surface area contributed by atoms with Gasteiger partial charge in [-0.1, -0.05) is 19.8 Å². The minimum absolute atomic E-state index is 0.0206. The molecule has 0 bridgehead atoms. The van der Waals surface area contributed by atoms with Crippen LogP contribution in [0, 0.1) is 5.92 Å². The van der Waals surface area contributed by atoms with Crippen molar-refractivity contribution in [2.24, 2.45) is 11.7 Å². The fourth-order valence-electron chi connectivity index (χ4n) is 2.51. The topological polar surface area (TPSA) is 68.0 Å². The molecule has 0 spiro atoms. The summed E-state index contributed by atoms with van der Waals surface area (Å²) in [6.45, 7) is 2.06. The van der Waals surface area contributed by atoms with Crippen molar-refractivity contribution in [1.82, 2.24) is 10.3 Å². The SMILES string of the molecule is CCC(NC(=O)C1CCCCC1N)c1nccs1. The molecule has 1 heterocycles. The van der Waals surface area contributed by atoms with E-state index in [1.54, 1.807) is 17.5 Å². The van der Waals surface area contributed by atoms with Gasteiger partial charge in [0.2, 0.25) is 5.91 Å². The minimum atomic E-state index is -0.0206. The molecule has 1 aromatic heterocycles. The number of nitrogens with two attached hydrogens (primary N) is 1. The molecule has 3 N–H and O–H groups in total. The van der Waals surface area contributed by atoms with E-state index in [2.05, 4.69) is 17.2 Å². The standard InChI is InChI=1S/C13H21N3OS/c1-2-11(13-15-7-8-18-13)16-12(17)9-5-3-4-6-10(9)14/h7-11H,2-6,14H2,1H3,(H,16,17). The first-order valence-corrected chi connectivity index (χ1v) is 7.55. The van der Waals surface area contributed by atoms with Gasteiger partial charge in [0.25, 0.3) is 0 Å². The second-order valence-corrected chi connectivity index (χ2v) is 5.82. The molecule has 0 aliphatic heterocycles. The Bertz CT molecular complexity index is 380. The summed E-state index contributed by atoms with van der Waals surface area (Å²) < 4.78 is 0. The molecule has 0 radical (unpaired) electrons. The molecular weight excluding hydrogens is 246 g/mol. The zero-order chi connectivity index (χ0) is 13.0. The van der Waals surface area contributed by atoms with Crippen LogP contribution in [-0.2, 0) is 4.79 Å². The summed E-state index contributed by atoms with van der Waals surface area (Å²) in [7, 11) is 0. The molecule has 2 rings (SSSR count). The van der Waals surface area contributed by atoms with Crippen molar-refractivity contribution in [3.8, 4) is 0 Å². The van der Waals surface area contributed by atoms with Crippen LogP contribution in [0.2, 0.25) is 0 Å². The fourth-order valence-corrected chi connectivity index (χ4v) is 3.28. The fraction of sp³-hybridized carbons (Fsp3) is 0.692. The molecule has 0 saturated heterocycles. The van der Waals surface area contributed by atoms with Gasteiger partial charge in [-0.05, 0) is 19.3 Å². The molecule has 1 saturated carbocycles. The largest absolute Gasteiger partial charge is 0.347 e. The van der Waals surface area contributed by atoms with Crippen LogP contribution in [0.25, 0.3) is 0 Å². The van der Waals surface area contributed by atoms with Crippen LogP contribution in [-0.4, -0.2) is 16.9 Å². The minimum Gasteiger partial charge on any atom is -0.347 e. The summed E-state index contributed by atoms with van der Waals surface area (Å²) in [5.41, 5.74) is 6.04. The smallest absolute Gasteiger partial charge is 0.225 e. The van der Waals surface area contributed by atoms with E-state index in [1.807, 2.05) is 5.38 Å². The first kappa shape index (κ1) is 13.5. The van der Waals surface area contributed by atoms with E-state index < -0.39 is 0 Å². The molecule has 4 nitrogen and oxygen atoms in total. The molecule has 1 fully saturated rings. The number of thiazole rings is 1. The number of aromatic nitrogens is 1. The number of hydrogen-bond donors (Lipinski definition) is 2. The maximum absolute atomic E-state index is 12.3. The highest BCUT2D eigenvalue weighted by atomic mass is 32.1. The van der Waals surface area contributed by atoms with Crippen LogP contribution >= 0.6 is 11.3 Å². The predicted molar refractivity (Wildman–Crippen MR) is 73.2 cm³/mol. The number of hydrogen-bond acceptors (Lipinski definition) is 4. The van der Waals surface area contributed by atoms with Crippen molar-refractivity contribution in [1.29, 1.82) is 0 Å². The Labute approximate surface area is 112 Å². The molecule has 1 aromatic rings. The highest BCUT2D eigenvalue weighted by molar-refractivity contribution is 7.09. The molecular formula is C13H21N3OS. The van der Waals surface area contributed by atoms with Crippen LogP contribution in [0.4, 0.5) is 0 Å². The quantitative estimate of drug-likeness (QED) is 0.879. The average molecular weight is 267 g/mol. The number of rotatable bonds is 4. The van der Waals surface area contributed by atoms with E-state index in [9.17, 15) is 4.79 Å². The summed E-state index contributed by atoms with van der Waals surface area (Å²) in [5, 5.41) is 6.02. The molecule has 3 atom stereocenters. The van der Waals surface area contributed by atoms with Gasteiger partial charge in [0.1, 0.15) is 5.01 Å². The maximum Gasteiger partial charge on any atom is 0.225 e. The molecule has 1 aliphatic rings. The lowest BCUT2D eigenvalue weighted by molar-refractivity contribution is -0.127. The monoisotopic (exact) mass is 267 g/mol. The molecule has 18 heavy (non-hydrogen) atoms. The Morgan fingerprint density at radius 1 is 1.61 bits per heavy atom. The van der Waals surface area contributed by atoms with Gasteiger partial charge in [-0.3, -0.25) is 4.79 Å². The van der Waals surface area contributed by atoms with Gasteiger partial charge in [0, 0.05) is 17.6 Å². The highest BCUT2D eigenvalue weighted by Crippen LogP contribution is 2.25. The van der Waals surface area contributed by atoms with Crippen molar-refractivity contribution < 1.29 is 4.79 Å². The van der Waals surface area contributed by atoms with E-state index in [1.165, 1.54) is 0 Å². The lowest BCUT2D eigenvalue weighted by Gasteiger charge is -2.28. The Balaban J connectivity index is 1.97. The molecule has 1 amide bonds. The van der Waals surface area contributed by atoms with Gasteiger partial charge in [-0.2, -0.15) is 0 Å². The van der Waals surface area contributed by atoms with E-state index >= 15 is 0 Å². The maximum atomic E-state index is 12.3. The number of nitrogens with zero attached hydrogens (tertiary/aromatic N) is 1. The zero-order valence-electron chi connectivity index (χ0n) is 10.8. The summed E-state index contributed by atoms with van der Waals surface area (Å²) in [6.07, 6.45) is 6.78. The first-order chi connectivity index (χ1) is 8.72. The molecule has 1 aliphatic carbocycles. The van der Waals surface area contributed by atoms with Crippen molar-refractivity contribution in [3.63, 3.8) is 0 Å². The first-order valence-electron chi connectivity index (χ1n) is 6.67. The van der Waals surface area contributed by atoms with Crippen molar-refractivity contribution in [3.05, 3.63) is 16.6 Å². The second kappa shape index (κ2) is 6.29. The van der Waals surface area contributed by atoms with E-state index in [4.69, 9.17) is 5.73 Å². The van der Waals surface area contributed by atoms with Gasteiger partial charge in [-0.25, -0.2) is 4.98 Å². The van der Waals surface area contributed by atoms with Crippen LogP contribution in [0.15, 0.2) is 11.6 Å². The molecule has 0 aromatic carbocycles. The third-order valence-corrected chi connectivity index (χ3v) is 4.52. The summed E-state index contributed by atoms with van der Waals surface area (Å²) in [5.74, 6) is 0.0806. The van der Waals surface area contributed by atoms with Gasteiger partial charge in [0.15, 0.2) is 0 Å². The van der Waals surface area contributed by atoms with Gasteiger partial charge >= 0.3 is 0 Å².